The highest BCUT2D eigenvalue weighted by molar-refractivity contribution is 5.93. The van der Waals surface area contributed by atoms with Crippen molar-refractivity contribution in [3.8, 4) is 11.5 Å². The van der Waals surface area contributed by atoms with Crippen molar-refractivity contribution in [2.75, 3.05) is 18.9 Å². The number of nitrogens with zero attached hydrogens (tertiary/aromatic N) is 1. The Morgan fingerprint density at radius 1 is 1.08 bits per heavy atom. The van der Waals surface area contributed by atoms with Crippen LogP contribution in [0.3, 0.4) is 0 Å². The summed E-state index contributed by atoms with van der Waals surface area (Å²) in [7, 11) is 1.51. The van der Waals surface area contributed by atoms with Crippen LogP contribution >= 0.6 is 0 Å². The lowest BCUT2D eigenvalue weighted by atomic mass is 9.83. The van der Waals surface area contributed by atoms with Crippen molar-refractivity contribution in [2.24, 2.45) is 11.7 Å². The predicted molar refractivity (Wildman–Crippen MR) is 132 cm³/mol. The number of alkyl halides is 3. The lowest BCUT2D eigenvalue weighted by molar-refractivity contribution is -0.137. The zero-order valence-corrected chi connectivity index (χ0v) is 20.2. The molecule has 2 aromatic carbocycles. The number of aryl methyl sites for hydroxylation is 1. The number of amides is 2. The fourth-order valence-electron chi connectivity index (χ4n) is 4.37. The summed E-state index contributed by atoms with van der Waals surface area (Å²) in [4.78, 5) is 28.9. The second-order valence-electron chi connectivity index (χ2n) is 8.87. The van der Waals surface area contributed by atoms with Gasteiger partial charge in [0.1, 0.15) is 17.2 Å². The Bertz CT molecular complexity index is 1310. The van der Waals surface area contributed by atoms with Gasteiger partial charge >= 0.3 is 6.18 Å². The smallest absolute Gasteiger partial charge is 0.416 e. The van der Waals surface area contributed by atoms with E-state index in [0.29, 0.717) is 36.3 Å². The molecule has 0 saturated heterocycles. The molecule has 0 fully saturated rings. The number of hydrogen-bond donors (Lipinski definition) is 3. The minimum atomic E-state index is -4.53. The van der Waals surface area contributed by atoms with Crippen LogP contribution in [-0.2, 0) is 30.2 Å². The second-order valence-corrected chi connectivity index (χ2v) is 8.87. The van der Waals surface area contributed by atoms with Gasteiger partial charge in [-0.05, 0) is 85.3 Å². The molecule has 1 unspecified atom stereocenters. The van der Waals surface area contributed by atoms with E-state index >= 15 is 0 Å². The van der Waals surface area contributed by atoms with E-state index in [1.807, 2.05) is 18.2 Å². The normalized spacial score (nSPS) is 15.0. The number of carbonyl (C=O) groups excluding carboxylic acids is 2. The first kappa shape index (κ1) is 26.2. The number of aromatic nitrogens is 1. The van der Waals surface area contributed by atoms with Crippen molar-refractivity contribution in [3.05, 3.63) is 82.7 Å². The van der Waals surface area contributed by atoms with E-state index < -0.39 is 17.7 Å². The molecule has 10 heteroatoms. The lowest BCUT2D eigenvalue weighted by Gasteiger charge is -2.25. The molecule has 194 valence electrons. The Hall–Kier alpha value is -3.92. The third-order valence-corrected chi connectivity index (χ3v) is 6.22. The number of nitrogens with one attached hydrogen (secondary N) is 2. The van der Waals surface area contributed by atoms with Crippen LogP contribution in [0.2, 0.25) is 0 Å². The summed E-state index contributed by atoms with van der Waals surface area (Å²) in [6.07, 6.45) is -1.12. The highest BCUT2D eigenvalue weighted by Crippen LogP contribution is 2.34. The molecular formula is C27H27F3N4O3. The van der Waals surface area contributed by atoms with Crippen LogP contribution in [0.5, 0.6) is 11.5 Å². The summed E-state index contributed by atoms with van der Waals surface area (Å²) < 4.78 is 45.9. The van der Waals surface area contributed by atoms with Crippen molar-refractivity contribution < 1.29 is 27.5 Å². The first-order chi connectivity index (χ1) is 17.7. The highest BCUT2D eigenvalue weighted by Gasteiger charge is 2.32. The number of benzene rings is 2. The largest absolute Gasteiger partial charge is 0.457 e. The second kappa shape index (κ2) is 11.0. The number of fused-ring (bicyclic) bond motifs is 1. The zero-order chi connectivity index (χ0) is 26.6. The third kappa shape index (κ3) is 6.45. The van der Waals surface area contributed by atoms with E-state index in [4.69, 9.17) is 10.5 Å². The molecular weight excluding hydrogens is 485 g/mol. The number of hydrogen-bond acceptors (Lipinski definition) is 5. The average Bonchev–Trinajstić information content (AvgIpc) is 2.87. The standard InChI is InChI=1S/C27H27F3N4O3/c1-32-26(36)24-15-23(7-9-33-24)37-22-5-4-17-2-3-18(12-19(17)13-22)25(35)34-21-11-16(6-8-31)10-20(14-21)27(28,29)30/h4-5,7,9-11,13-15,18H,2-3,6,8,12,31H2,1H3,(H,32,36)(H,34,35). The molecule has 0 saturated carbocycles. The first-order valence-electron chi connectivity index (χ1n) is 11.9. The van der Waals surface area contributed by atoms with Gasteiger partial charge in [0.15, 0.2) is 0 Å². The van der Waals surface area contributed by atoms with E-state index in [9.17, 15) is 22.8 Å². The summed E-state index contributed by atoms with van der Waals surface area (Å²) in [6.45, 7) is 0.200. The van der Waals surface area contributed by atoms with Gasteiger partial charge in [-0.2, -0.15) is 13.2 Å². The van der Waals surface area contributed by atoms with Gasteiger partial charge in [0.25, 0.3) is 5.91 Å². The van der Waals surface area contributed by atoms with Crippen LogP contribution in [0.15, 0.2) is 54.7 Å². The molecule has 1 heterocycles. The number of halogens is 3. The van der Waals surface area contributed by atoms with Gasteiger partial charge in [-0.25, -0.2) is 0 Å². The molecule has 1 aliphatic carbocycles. The van der Waals surface area contributed by atoms with Gasteiger partial charge in [0.05, 0.1) is 5.56 Å². The SMILES string of the molecule is CNC(=O)c1cc(Oc2ccc3c(c2)CC(C(=O)Nc2cc(CCN)cc(C(F)(F)F)c2)CC3)ccn1. The van der Waals surface area contributed by atoms with Crippen LogP contribution in [0.25, 0.3) is 0 Å². The Labute approximate surface area is 212 Å². The summed E-state index contributed by atoms with van der Waals surface area (Å²) in [5.41, 5.74) is 7.46. The molecule has 1 atom stereocenters. The Morgan fingerprint density at radius 3 is 2.59 bits per heavy atom. The molecule has 1 aromatic heterocycles. The quantitative estimate of drug-likeness (QED) is 0.432. The molecule has 0 aliphatic heterocycles. The summed E-state index contributed by atoms with van der Waals surface area (Å²) in [5, 5.41) is 5.18. The summed E-state index contributed by atoms with van der Waals surface area (Å²) in [6, 6.07) is 12.3. The van der Waals surface area contributed by atoms with E-state index in [0.717, 1.165) is 23.3 Å². The summed E-state index contributed by atoms with van der Waals surface area (Å²) in [5.74, 6) is -0.0920. The molecule has 7 nitrogen and oxygen atoms in total. The molecule has 0 spiro atoms. The lowest BCUT2D eigenvalue weighted by Crippen LogP contribution is -2.28. The van der Waals surface area contributed by atoms with Crippen LogP contribution in [0, 0.1) is 5.92 Å². The van der Waals surface area contributed by atoms with Crippen molar-refractivity contribution in [1.82, 2.24) is 10.3 Å². The first-order valence-corrected chi connectivity index (χ1v) is 11.9. The van der Waals surface area contributed by atoms with Crippen LogP contribution in [0.4, 0.5) is 18.9 Å². The van der Waals surface area contributed by atoms with E-state index in [1.54, 1.807) is 6.07 Å². The van der Waals surface area contributed by atoms with Gasteiger partial charge in [0, 0.05) is 30.9 Å². The van der Waals surface area contributed by atoms with Gasteiger partial charge in [-0.15, -0.1) is 0 Å². The van der Waals surface area contributed by atoms with Crippen molar-refractivity contribution in [3.63, 3.8) is 0 Å². The average molecular weight is 513 g/mol. The number of nitrogens with two attached hydrogens (primary N) is 1. The van der Waals surface area contributed by atoms with Gasteiger partial charge < -0.3 is 21.1 Å². The van der Waals surface area contributed by atoms with Crippen molar-refractivity contribution in [1.29, 1.82) is 0 Å². The van der Waals surface area contributed by atoms with Crippen LogP contribution in [-0.4, -0.2) is 30.4 Å². The molecule has 1 aliphatic rings. The monoisotopic (exact) mass is 512 g/mol. The van der Waals surface area contributed by atoms with Crippen LogP contribution < -0.4 is 21.1 Å². The van der Waals surface area contributed by atoms with E-state index in [2.05, 4.69) is 15.6 Å². The highest BCUT2D eigenvalue weighted by atomic mass is 19.4. The Balaban J connectivity index is 1.48. The Morgan fingerprint density at radius 2 is 1.86 bits per heavy atom. The summed E-state index contributed by atoms with van der Waals surface area (Å²) >= 11 is 0. The number of ether oxygens (including phenoxy) is 1. The molecule has 0 bridgehead atoms. The van der Waals surface area contributed by atoms with Gasteiger partial charge in [-0.1, -0.05) is 6.07 Å². The minimum Gasteiger partial charge on any atom is -0.457 e. The number of carbonyl (C=O) groups is 2. The number of pyridine rings is 1. The topological polar surface area (TPSA) is 106 Å². The molecule has 4 N–H and O–H groups in total. The number of rotatable bonds is 7. The molecule has 3 aromatic rings. The predicted octanol–water partition coefficient (Wildman–Crippen LogP) is 4.50. The molecule has 0 radical (unpaired) electrons. The van der Waals surface area contributed by atoms with E-state index in [-0.39, 0.29) is 36.2 Å². The number of anilines is 1. The van der Waals surface area contributed by atoms with Crippen molar-refractivity contribution >= 4 is 17.5 Å². The van der Waals surface area contributed by atoms with Crippen molar-refractivity contribution in [2.45, 2.75) is 31.9 Å². The third-order valence-electron chi connectivity index (χ3n) is 6.22. The van der Waals surface area contributed by atoms with Gasteiger partial charge in [0.2, 0.25) is 5.91 Å². The van der Waals surface area contributed by atoms with Gasteiger partial charge in [-0.3, -0.25) is 14.6 Å². The maximum Gasteiger partial charge on any atom is 0.416 e. The molecule has 2 amide bonds. The van der Waals surface area contributed by atoms with Crippen LogP contribution in [0.1, 0.15) is 39.2 Å². The molecule has 4 rings (SSSR count). The fourth-order valence-corrected chi connectivity index (χ4v) is 4.37. The minimum absolute atomic E-state index is 0.107. The fraction of sp³-hybridized carbons (Fsp3) is 0.296. The zero-order valence-electron chi connectivity index (χ0n) is 20.2. The Kier molecular flexibility index (Phi) is 7.77. The maximum atomic E-state index is 13.3. The van der Waals surface area contributed by atoms with E-state index in [1.165, 1.54) is 25.4 Å². The molecule has 37 heavy (non-hydrogen) atoms. The maximum absolute atomic E-state index is 13.3.